The van der Waals surface area contributed by atoms with Crippen LogP contribution in [-0.4, -0.2) is 120 Å². The van der Waals surface area contributed by atoms with Crippen molar-refractivity contribution in [1.29, 1.82) is 0 Å². The predicted octanol–water partition coefficient (Wildman–Crippen LogP) is 5.59. The van der Waals surface area contributed by atoms with Crippen LogP contribution in [0.25, 0.3) is 0 Å². The van der Waals surface area contributed by atoms with E-state index in [1.54, 1.807) is 6.07 Å². The molecule has 7 rings (SSSR count). The van der Waals surface area contributed by atoms with Crippen LogP contribution in [0.4, 0.5) is 20.6 Å². The highest BCUT2D eigenvalue weighted by molar-refractivity contribution is 8.01. The van der Waals surface area contributed by atoms with Crippen LogP contribution in [0.1, 0.15) is 69.4 Å². The second kappa shape index (κ2) is 15.3. The van der Waals surface area contributed by atoms with Crippen LogP contribution in [0, 0.1) is 11.7 Å². The van der Waals surface area contributed by atoms with Crippen molar-refractivity contribution in [2.24, 2.45) is 5.92 Å². The number of hydrogen-bond acceptors (Lipinski definition) is 7. The Balaban J connectivity index is 1.03. The number of piperazine rings is 1. The first-order valence-electron chi connectivity index (χ1n) is 18.8. The molecule has 4 saturated heterocycles. The van der Waals surface area contributed by atoms with Crippen molar-refractivity contribution in [2.75, 3.05) is 75.8 Å². The Morgan fingerprint density at radius 2 is 1.65 bits per heavy atom. The second-order valence-corrected chi connectivity index (χ2v) is 17.0. The monoisotopic (exact) mass is 720 g/mol. The van der Waals surface area contributed by atoms with Crippen molar-refractivity contribution in [3.05, 3.63) is 59.4 Å². The third-order valence-electron chi connectivity index (χ3n) is 11.5. The molecular weight excluding hydrogens is 668 g/mol. The van der Waals surface area contributed by atoms with E-state index in [9.17, 15) is 14.4 Å². The molecule has 2 aromatic rings. The summed E-state index contributed by atoms with van der Waals surface area (Å²) >= 11 is 1.51. The molecule has 10 nitrogen and oxygen atoms in total. The number of carbonyl (C=O) groups excluding carboxylic acids is 3. The topological polar surface area (TPSA) is 88.7 Å². The molecule has 2 aromatic carbocycles. The lowest BCUT2D eigenvalue weighted by Gasteiger charge is -2.44. The Morgan fingerprint density at radius 1 is 0.922 bits per heavy atom. The number of nitrogens with zero attached hydrogens (tertiary/aromatic N) is 5. The highest BCUT2D eigenvalue weighted by Crippen LogP contribution is 2.48. The van der Waals surface area contributed by atoms with E-state index in [0.717, 1.165) is 49.2 Å². The van der Waals surface area contributed by atoms with E-state index < -0.39 is 5.25 Å². The minimum Gasteiger partial charge on any atom is -0.381 e. The predicted molar refractivity (Wildman–Crippen MR) is 199 cm³/mol. The number of likely N-dealkylation sites (tertiary alicyclic amines) is 1. The molecule has 12 heteroatoms. The number of ether oxygens (including phenoxy) is 1. The van der Waals surface area contributed by atoms with Gasteiger partial charge in [-0.3, -0.25) is 14.5 Å². The van der Waals surface area contributed by atoms with Gasteiger partial charge in [0.15, 0.2) is 0 Å². The third kappa shape index (κ3) is 7.88. The first-order chi connectivity index (χ1) is 24.6. The molecule has 5 aliphatic heterocycles. The molecule has 0 radical (unpaired) electrons. The molecule has 1 N–H and O–H groups in total. The van der Waals surface area contributed by atoms with Gasteiger partial charge >= 0.3 is 6.03 Å². The van der Waals surface area contributed by atoms with Gasteiger partial charge in [-0.05, 0) is 76.5 Å². The molecule has 0 saturated carbocycles. The highest BCUT2D eigenvalue weighted by atomic mass is 32.2. The fourth-order valence-electron chi connectivity index (χ4n) is 8.48. The third-order valence-corrected chi connectivity index (χ3v) is 13.0. The quantitative estimate of drug-likeness (QED) is 0.400. The van der Waals surface area contributed by atoms with Crippen molar-refractivity contribution >= 4 is 41.0 Å². The van der Waals surface area contributed by atoms with Crippen LogP contribution in [0.2, 0.25) is 0 Å². The summed E-state index contributed by atoms with van der Waals surface area (Å²) in [6, 6.07) is 13.2. The maximum atomic E-state index is 15.9. The van der Waals surface area contributed by atoms with E-state index in [4.69, 9.17) is 4.74 Å². The van der Waals surface area contributed by atoms with Gasteiger partial charge < -0.3 is 29.7 Å². The number of thioether (sulfide) groups is 1. The summed E-state index contributed by atoms with van der Waals surface area (Å²) < 4.78 is 21.5. The fourth-order valence-corrected chi connectivity index (χ4v) is 9.95. The van der Waals surface area contributed by atoms with Crippen molar-refractivity contribution in [2.45, 2.75) is 81.5 Å². The van der Waals surface area contributed by atoms with Gasteiger partial charge in [-0.25, -0.2) is 9.18 Å². The maximum absolute atomic E-state index is 15.9. The Labute approximate surface area is 306 Å². The lowest BCUT2D eigenvalue weighted by Crippen LogP contribution is -2.53. The summed E-state index contributed by atoms with van der Waals surface area (Å²) in [5, 5.41) is 2.16. The first kappa shape index (κ1) is 36.0. The normalized spacial score (nSPS) is 24.5. The number of para-hydroxylation sites is 2. The highest BCUT2D eigenvalue weighted by Gasteiger charge is 2.45. The number of nitrogens with one attached hydrogen (secondary N) is 1. The smallest absolute Gasteiger partial charge is 0.322 e. The minimum absolute atomic E-state index is 0.0311. The molecular formula is C39H53FN6O4S. The van der Waals surface area contributed by atoms with E-state index >= 15 is 4.39 Å². The standard InChI is InChI=1S/C39H53FN6O4S/c1-39(2,3)44-21-19-43(20-22-44)35-30(8-6-9-31(35)40)37-46(26-27-14-23-50-24-15-27)36(48)33(51-37)25-34(47)42-16-12-29(13-17-42)45-18-11-28-7-4-5-10-32(28)41-38(45)49/h4-10,27,29,33,37H,11-26H2,1-3H3,(H,41,49)/t33-,37+/m0/s1. The summed E-state index contributed by atoms with van der Waals surface area (Å²) in [4.78, 5) is 51.5. The number of urea groups is 1. The zero-order valence-electron chi connectivity index (χ0n) is 30.3. The van der Waals surface area contributed by atoms with Gasteiger partial charge in [0, 0.05) is 94.8 Å². The Hall–Kier alpha value is -3.35. The molecule has 2 atom stereocenters. The van der Waals surface area contributed by atoms with Crippen molar-refractivity contribution in [3.8, 4) is 0 Å². The van der Waals surface area contributed by atoms with Crippen LogP contribution in [0.15, 0.2) is 42.5 Å². The van der Waals surface area contributed by atoms with Crippen LogP contribution < -0.4 is 10.2 Å². The molecule has 0 unspecified atom stereocenters. The summed E-state index contributed by atoms with van der Waals surface area (Å²) in [5.41, 5.74) is 3.45. The van der Waals surface area contributed by atoms with Gasteiger partial charge in [0.25, 0.3) is 0 Å². The largest absolute Gasteiger partial charge is 0.381 e. The Morgan fingerprint density at radius 3 is 2.37 bits per heavy atom. The number of benzene rings is 2. The molecule has 276 valence electrons. The average Bonchev–Trinajstić information content (AvgIpc) is 3.31. The van der Waals surface area contributed by atoms with Crippen LogP contribution >= 0.6 is 11.8 Å². The maximum Gasteiger partial charge on any atom is 0.322 e. The molecule has 5 aliphatic rings. The molecule has 5 heterocycles. The summed E-state index contributed by atoms with van der Waals surface area (Å²) in [5.74, 6) is -0.0273. The minimum atomic E-state index is -0.538. The van der Waals surface area contributed by atoms with Gasteiger partial charge in [-0.15, -0.1) is 11.8 Å². The van der Waals surface area contributed by atoms with Crippen LogP contribution in [0.3, 0.4) is 0 Å². The number of halogens is 1. The number of hydrogen-bond donors (Lipinski definition) is 1. The first-order valence-corrected chi connectivity index (χ1v) is 19.8. The van der Waals surface area contributed by atoms with Gasteiger partial charge in [0.1, 0.15) is 11.2 Å². The SMILES string of the molecule is CC(C)(C)N1CCN(c2c(F)cccc2[C@H]2S[C@@H](CC(=O)N3CCC(N4CCc5ccccc5NC4=O)CC3)C(=O)N2CC2CCOCC2)CC1. The van der Waals surface area contributed by atoms with Gasteiger partial charge in [0.2, 0.25) is 11.8 Å². The van der Waals surface area contributed by atoms with E-state index in [1.165, 1.54) is 17.8 Å². The van der Waals surface area contributed by atoms with Crippen LogP contribution in [0.5, 0.6) is 0 Å². The van der Waals surface area contributed by atoms with E-state index in [0.29, 0.717) is 76.9 Å². The molecule has 4 amide bonds. The summed E-state index contributed by atoms with van der Waals surface area (Å²) in [6.07, 6.45) is 4.07. The van der Waals surface area contributed by atoms with Gasteiger partial charge in [-0.2, -0.15) is 0 Å². The van der Waals surface area contributed by atoms with E-state index in [2.05, 4.69) is 42.0 Å². The molecule has 0 spiro atoms. The van der Waals surface area contributed by atoms with E-state index in [1.807, 2.05) is 39.0 Å². The number of piperidine rings is 1. The lowest BCUT2D eigenvalue weighted by atomic mass is 9.98. The Kier molecular flexibility index (Phi) is 10.8. The molecule has 51 heavy (non-hydrogen) atoms. The molecule has 0 aromatic heterocycles. The number of anilines is 2. The number of carbonyl (C=O) groups is 3. The van der Waals surface area contributed by atoms with Crippen molar-refractivity contribution < 1.29 is 23.5 Å². The summed E-state index contributed by atoms with van der Waals surface area (Å²) in [7, 11) is 0. The molecule has 4 fully saturated rings. The van der Waals surface area contributed by atoms with Gasteiger partial charge in [0.05, 0.1) is 10.9 Å². The fraction of sp³-hybridized carbons (Fsp3) is 0.615. The van der Waals surface area contributed by atoms with Gasteiger partial charge in [-0.1, -0.05) is 30.3 Å². The number of fused-ring (bicyclic) bond motifs is 1. The number of rotatable bonds is 7. The second-order valence-electron chi connectivity index (χ2n) is 15.7. The zero-order valence-corrected chi connectivity index (χ0v) is 31.1. The van der Waals surface area contributed by atoms with Crippen molar-refractivity contribution in [3.63, 3.8) is 0 Å². The lowest BCUT2D eigenvalue weighted by molar-refractivity contribution is -0.137. The zero-order chi connectivity index (χ0) is 35.7. The average molecular weight is 721 g/mol. The Bertz CT molecular complexity index is 1580. The van der Waals surface area contributed by atoms with E-state index in [-0.39, 0.29) is 47.0 Å². The van der Waals surface area contributed by atoms with Crippen LogP contribution in [-0.2, 0) is 20.7 Å². The summed E-state index contributed by atoms with van der Waals surface area (Å²) in [6.45, 7) is 13.4. The number of amides is 4. The van der Waals surface area contributed by atoms with Crippen molar-refractivity contribution in [1.82, 2.24) is 19.6 Å². The molecule has 0 aliphatic carbocycles. The molecule has 0 bridgehead atoms.